The summed E-state index contributed by atoms with van der Waals surface area (Å²) in [5.41, 5.74) is 1.94. The Hall–Kier alpha value is -2.56. The summed E-state index contributed by atoms with van der Waals surface area (Å²) in [5, 5.41) is 11.9. The summed E-state index contributed by atoms with van der Waals surface area (Å²) < 4.78 is 12.8. The van der Waals surface area contributed by atoms with Crippen LogP contribution in [0.5, 0.6) is 11.5 Å². The molecule has 9 heteroatoms. The second kappa shape index (κ2) is 11.6. The molecular formula is C21H29IN6O2. The SMILES string of the molecule is CN=C(NCCCc1nnc2ccccn12)N(C)Cc1ccc(OC)cc1OC.I. The molecule has 0 bridgehead atoms. The molecule has 0 radical (unpaired) electrons. The van der Waals surface area contributed by atoms with E-state index in [1.807, 2.05) is 54.0 Å². The molecule has 1 aromatic carbocycles. The van der Waals surface area contributed by atoms with Gasteiger partial charge in [-0.05, 0) is 30.7 Å². The first-order chi connectivity index (χ1) is 14.2. The molecule has 2 aromatic heterocycles. The highest BCUT2D eigenvalue weighted by atomic mass is 127. The molecule has 0 amide bonds. The predicted molar refractivity (Wildman–Crippen MR) is 129 cm³/mol. The normalized spacial score (nSPS) is 11.1. The fourth-order valence-corrected chi connectivity index (χ4v) is 3.21. The van der Waals surface area contributed by atoms with Gasteiger partial charge in [-0.2, -0.15) is 0 Å². The molecule has 0 atom stereocenters. The number of guanidine groups is 1. The van der Waals surface area contributed by atoms with Crippen molar-refractivity contribution in [1.29, 1.82) is 0 Å². The Bertz CT molecular complexity index is 975. The van der Waals surface area contributed by atoms with Crippen LogP contribution >= 0.6 is 24.0 Å². The van der Waals surface area contributed by atoms with Crippen LogP contribution in [0, 0.1) is 0 Å². The highest BCUT2D eigenvalue weighted by Gasteiger charge is 2.11. The van der Waals surface area contributed by atoms with E-state index in [0.717, 1.165) is 53.9 Å². The molecule has 162 valence electrons. The van der Waals surface area contributed by atoms with Gasteiger partial charge in [0.05, 0.1) is 14.2 Å². The summed E-state index contributed by atoms with van der Waals surface area (Å²) in [5.74, 6) is 3.37. The molecule has 30 heavy (non-hydrogen) atoms. The van der Waals surface area contributed by atoms with Crippen molar-refractivity contribution in [2.24, 2.45) is 4.99 Å². The molecule has 0 saturated carbocycles. The Morgan fingerprint density at radius 1 is 1.17 bits per heavy atom. The highest BCUT2D eigenvalue weighted by molar-refractivity contribution is 14.0. The molecule has 3 rings (SSSR count). The number of benzene rings is 1. The van der Waals surface area contributed by atoms with E-state index in [0.29, 0.717) is 6.54 Å². The smallest absolute Gasteiger partial charge is 0.193 e. The van der Waals surface area contributed by atoms with Crippen molar-refractivity contribution in [2.75, 3.05) is 34.9 Å². The van der Waals surface area contributed by atoms with E-state index in [4.69, 9.17) is 9.47 Å². The Morgan fingerprint density at radius 2 is 2.00 bits per heavy atom. The second-order valence-corrected chi connectivity index (χ2v) is 6.66. The maximum Gasteiger partial charge on any atom is 0.193 e. The quantitative estimate of drug-likeness (QED) is 0.211. The van der Waals surface area contributed by atoms with Crippen molar-refractivity contribution < 1.29 is 9.47 Å². The summed E-state index contributed by atoms with van der Waals surface area (Å²) in [6, 6.07) is 11.7. The van der Waals surface area contributed by atoms with Crippen LogP contribution in [0.2, 0.25) is 0 Å². The van der Waals surface area contributed by atoms with E-state index >= 15 is 0 Å². The standard InChI is InChI=1S/C21H28N6O2.HI/c1-22-21(26(2)15-16-10-11-17(28-3)14-18(16)29-4)23-12-7-9-20-25-24-19-8-5-6-13-27(19)20;/h5-6,8,10-11,13-14H,7,9,12,15H2,1-4H3,(H,22,23);1H. The number of halogens is 1. The molecule has 8 nitrogen and oxygen atoms in total. The number of aryl methyl sites for hydroxylation is 1. The number of nitrogens with one attached hydrogen (secondary N) is 1. The first-order valence-electron chi connectivity index (χ1n) is 9.57. The topological polar surface area (TPSA) is 76.3 Å². The average Bonchev–Trinajstić information content (AvgIpc) is 3.17. The number of rotatable bonds is 8. The van der Waals surface area contributed by atoms with Gasteiger partial charge in [-0.1, -0.05) is 6.07 Å². The molecule has 0 spiro atoms. The highest BCUT2D eigenvalue weighted by Crippen LogP contribution is 2.25. The summed E-state index contributed by atoms with van der Waals surface area (Å²) >= 11 is 0. The minimum atomic E-state index is 0. The third-order valence-corrected chi connectivity index (χ3v) is 4.72. The van der Waals surface area contributed by atoms with Crippen LogP contribution in [0.1, 0.15) is 17.8 Å². The van der Waals surface area contributed by atoms with Crippen LogP contribution in [0.3, 0.4) is 0 Å². The number of methoxy groups -OCH3 is 2. The zero-order valence-electron chi connectivity index (χ0n) is 17.8. The van der Waals surface area contributed by atoms with E-state index in [2.05, 4.69) is 25.4 Å². The van der Waals surface area contributed by atoms with Gasteiger partial charge in [0.1, 0.15) is 17.3 Å². The maximum atomic E-state index is 5.49. The second-order valence-electron chi connectivity index (χ2n) is 6.66. The van der Waals surface area contributed by atoms with E-state index in [-0.39, 0.29) is 24.0 Å². The maximum absolute atomic E-state index is 5.49. The Kier molecular flexibility index (Phi) is 9.15. The number of aliphatic imine (C=N–C) groups is 1. The number of hydrogen-bond donors (Lipinski definition) is 1. The predicted octanol–water partition coefficient (Wildman–Crippen LogP) is 3.00. The van der Waals surface area contributed by atoms with Crippen LogP contribution in [0.25, 0.3) is 5.65 Å². The lowest BCUT2D eigenvalue weighted by Gasteiger charge is -2.23. The molecule has 0 unspecified atom stereocenters. The van der Waals surface area contributed by atoms with Gasteiger partial charge >= 0.3 is 0 Å². The van der Waals surface area contributed by atoms with Crippen molar-refractivity contribution in [3.63, 3.8) is 0 Å². The van der Waals surface area contributed by atoms with Crippen LogP contribution in [-0.2, 0) is 13.0 Å². The van der Waals surface area contributed by atoms with Gasteiger partial charge in [0.15, 0.2) is 11.6 Å². The molecule has 2 heterocycles. The number of pyridine rings is 1. The Labute approximate surface area is 194 Å². The number of fused-ring (bicyclic) bond motifs is 1. The Morgan fingerprint density at radius 3 is 2.73 bits per heavy atom. The fraction of sp³-hybridized carbons (Fsp3) is 0.381. The first-order valence-corrected chi connectivity index (χ1v) is 9.57. The van der Waals surface area contributed by atoms with E-state index in [1.165, 1.54) is 0 Å². The van der Waals surface area contributed by atoms with Crippen LogP contribution < -0.4 is 14.8 Å². The van der Waals surface area contributed by atoms with Crippen LogP contribution in [0.15, 0.2) is 47.6 Å². The summed E-state index contributed by atoms with van der Waals surface area (Å²) in [7, 11) is 7.11. The fourth-order valence-electron chi connectivity index (χ4n) is 3.21. The third kappa shape index (κ3) is 5.74. The monoisotopic (exact) mass is 524 g/mol. The third-order valence-electron chi connectivity index (χ3n) is 4.72. The lowest BCUT2D eigenvalue weighted by atomic mass is 10.2. The van der Waals surface area contributed by atoms with Crippen molar-refractivity contribution >= 4 is 35.6 Å². The molecule has 0 saturated heterocycles. The molecule has 1 N–H and O–H groups in total. The van der Waals surface area contributed by atoms with Crippen LogP contribution in [0.4, 0.5) is 0 Å². The summed E-state index contributed by atoms with van der Waals surface area (Å²) in [6.45, 7) is 1.46. The van der Waals surface area contributed by atoms with Gasteiger partial charge in [0, 0.05) is 51.4 Å². The summed E-state index contributed by atoms with van der Waals surface area (Å²) in [6.07, 6.45) is 3.76. The van der Waals surface area contributed by atoms with Gasteiger partial charge in [-0.3, -0.25) is 9.39 Å². The molecule has 0 fully saturated rings. The molecule has 3 aromatic rings. The van der Waals surface area contributed by atoms with Gasteiger partial charge in [0.2, 0.25) is 0 Å². The average molecular weight is 524 g/mol. The van der Waals surface area contributed by atoms with Gasteiger partial charge in [-0.15, -0.1) is 34.2 Å². The van der Waals surface area contributed by atoms with E-state index in [9.17, 15) is 0 Å². The zero-order chi connectivity index (χ0) is 20.6. The van der Waals surface area contributed by atoms with E-state index < -0.39 is 0 Å². The molecular weight excluding hydrogens is 495 g/mol. The minimum Gasteiger partial charge on any atom is -0.497 e. The number of aromatic nitrogens is 3. The molecule has 0 aliphatic heterocycles. The van der Waals surface area contributed by atoms with Crippen molar-refractivity contribution in [1.82, 2.24) is 24.8 Å². The van der Waals surface area contributed by atoms with Crippen molar-refractivity contribution in [3.05, 3.63) is 54.0 Å². The molecule has 0 aliphatic rings. The van der Waals surface area contributed by atoms with Crippen molar-refractivity contribution in [3.8, 4) is 11.5 Å². The van der Waals surface area contributed by atoms with Crippen molar-refractivity contribution in [2.45, 2.75) is 19.4 Å². The number of hydrogen-bond acceptors (Lipinski definition) is 5. The largest absolute Gasteiger partial charge is 0.497 e. The Balaban J connectivity index is 0.00000320. The van der Waals surface area contributed by atoms with E-state index in [1.54, 1.807) is 21.3 Å². The number of ether oxygens (including phenoxy) is 2. The lowest BCUT2D eigenvalue weighted by molar-refractivity contribution is 0.382. The van der Waals surface area contributed by atoms with Gasteiger partial charge in [-0.25, -0.2) is 0 Å². The molecule has 0 aliphatic carbocycles. The van der Waals surface area contributed by atoms with Gasteiger partial charge in [0.25, 0.3) is 0 Å². The lowest BCUT2D eigenvalue weighted by Crippen LogP contribution is -2.39. The van der Waals surface area contributed by atoms with Gasteiger partial charge < -0.3 is 19.7 Å². The van der Waals surface area contributed by atoms with Crippen LogP contribution in [-0.4, -0.2) is 60.3 Å². The first kappa shape index (κ1) is 23.7. The summed E-state index contributed by atoms with van der Waals surface area (Å²) in [4.78, 5) is 6.46. The minimum absolute atomic E-state index is 0. The zero-order valence-corrected chi connectivity index (χ0v) is 20.2. The number of nitrogens with zero attached hydrogens (tertiary/aromatic N) is 5.